The van der Waals surface area contributed by atoms with E-state index in [1.54, 1.807) is 6.21 Å². The lowest BCUT2D eigenvalue weighted by Crippen LogP contribution is -2.10. The monoisotopic (exact) mass is 241 g/mol. The van der Waals surface area contributed by atoms with Crippen LogP contribution in [0.1, 0.15) is 5.56 Å². The summed E-state index contributed by atoms with van der Waals surface area (Å²) in [6.45, 7) is 0. The van der Waals surface area contributed by atoms with Gasteiger partial charge in [-0.15, -0.1) is 10.2 Å². The van der Waals surface area contributed by atoms with Crippen LogP contribution < -0.4 is 11.3 Å². The molecule has 90 valence electrons. The summed E-state index contributed by atoms with van der Waals surface area (Å²) in [5, 5.41) is 12.6. The number of rotatable bonds is 3. The van der Waals surface area contributed by atoms with Crippen molar-refractivity contribution in [3.05, 3.63) is 42.4 Å². The molecule has 0 spiro atoms. The molecule has 0 fully saturated rings. The highest BCUT2D eigenvalue weighted by molar-refractivity contribution is 5.99. The van der Waals surface area contributed by atoms with Gasteiger partial charge in [0.1, 0.15) is 6.33 Å². The third-order valence-electron chi connectivity index (χ3n) is 2.56. The molecule has 3 rings (SSSR count). The Morgan fingerprint density at radius 1 is 1.39 bits per heavy atom. The highest BCUT2D eigenvalue weighted by Gasteiger charge is 2.00. The summed E-state index contributed by atoms with van der Waals surface area (Å²) in [6.07, 6.45) is 4.99. The minimum Gasteiger partial charge on any atom is -0.361 e. The van der Waals surface area contributed by atoms with Crippen LogP contribution in [0.25, 0.3) is 10.9 Å². The number of nitrogens with one attached hydrogen (secondary N) is 2. The van der Waals surface area contributed by atoms with E-state index < -0.39 is 0 Å². The summed E-state index contributed by atoms with van der Waals surface area (Å²) in [6, 6.07) is 8.00. The molecule has 0 saturated carbocycles. The van der Waals surface area contributed by atoms with Crippen LogP contribution in [-0.2, 0) is 0 Å². The third kappa shape index (κ3) is 1.77. The normalized spacial score (nSPS) is 11.3. The van der Waals surface area contributed by atoms with Gasteiger partial charge in [-0.3, -0.25) is 0 Å². The van der Waals surface area contributed by atoms with E-state index in [2.05, 4.69) is 25.7 Å². The first-order valence-electron chi connectivity index (χ1n) is 5.35. The molecule has 0 aliphatic carbocycles. The van der Waals surface area contributed by atoms with E-state index in [1.807, 2.05) is 30.5 Å². The van der Waals surface area contributed by atoms with Crippen LogP contribution in [0.2, 0.25) is 0 Å². The number of H-pyrrole nitrogens is 1. The number of benzene rings is 1. The molecule has 0 bridgehead atoms. The molecule has 18 heavy (non-hydrogen) atoms. The topological polar surface area (TPSA) is 96.9 Å². The fourth-order valence-corrected chi connectivity index (χ4v) is 1.68. The van der Waals surface area contributed by atoms with Crippen molar-refractivity contribution in [3.63, 3.8) is 0 Å². The second kappa shape index (κ2) is 4.21. The number of para-hydroxylation sites is 1. The Labute approximate surface area is 102 Å². The van der Waals surface area contributed by atoms with Crippen molar-refractivity contribution in [2.75, 3.05) is 11.3 Å². The van der Waals surface area contributed by atoms with Gasteiger partial charge in [0, 0.05) is 22.7 Å². The summed E-state index contributed by atoms with van der Waals surface area (Å²) in [4.78, 5) is 3.17. The molecule has 4 N–H and O–H groups in total. The first-order valence-corrected chi connectivity index (χ1v) is 5.35. The molecular formula is C11H11N7. The minimum atomic E-state index is 0.381. The molecule has 2 heterocycles. The molecule has 0 unspecified atom stereocenters. The van der Waals surface area contributed by atoms with E-state index in [-0.39, 0.29) is 0 Å². The predicted molar refractivity (Wildman–Crippen MR) is 69.7 cm³/mol. The number of aromatic amines is 1. The number of hydrogen-bond acceptors (Lipinski definition) is 5. The SMILES string of the molecule is Nn1cnnc1N/N=C\c1c[nH]c2ccccc12. The van der Waals surface area contributed by atoms with E-state index in [4.69, 9.17) is 5.84 Å². The lowest BCUT2D eigenvalue weighted by Gasteiger charge is -1.96. The fourth-order valence-electron chi connectivity index (χ4n) is 1.68. The lowest BCUT2D eigenvalue weighted by molar-refractivity contribution is 0.988. The molecule has 0 radical (unpaired) electrons. The van der Waals surface area contributed by atoms with Crippen LogP contribution in [0.4, 0.5) is 5.95 Å². The Bertz CT molecular complexity index is 694. The van der Waals surface area contributed by atoms with Gasteiger partial charge in [0.15, 0.2) is 0 Å². The molecular weight excluding hydrogens is 230 g/mol. The zero-order valence-corrected chi connectivity index (χ0v) is 9.41. The number of anilines is 1. The Kier molecular flexibility index (Phi) is 2.41. The summed E-state index contributed by atoms with van der Waals surface area (Å²) in [5.41, 5.74) is 4.77. The Hall–Kier alpha value is -2.83. The van der Waals surface area contributed by atoms with Crippen LogP contribution in [0, 0.1) is 0 Å². The standard InChI is InChI=1S/C11H11N7/c12-18-7-15-17-11(18)16-14-6-8-5-13-10-4-2-1-3-9(8)10/h1-7,13H,12H2,(H,16,17)/b14-6-. The third-order valence-corrected chi connectivity index (χ3v) is 2.56. The van der Waals surface area contributed by atoms with Crippen molar-refractivity contribution in [2.24, 2.45) is 5.10 Å². The summed E-state index contributed by atoms with van der Waals surface area (Å²) >= 11 is 0. The van der Waals surface area contributed by atoms with Gasteiger partial charge in [-0.2, -0.15) is 5.10 Å². The number of aromatic nitrogens is 4. The molecule has 0 saturated heterocycles. The van der Waals surface area contributed by atoms with Gasteiger partial charge in [-0.1, -0.05) is 18.2 Å². The van der Waals surface area contributed by atoms with Crippen molar-refractivity contribution in [1.29, 1.82) is 0 Å². The van der Waals surface area contributed by atoms with Crippen molar-refractivity contribution >= 4 is 23.1 Å². The molecule has 0 amide bonds. The summed E-state index contributed by atoms with van der Waals surface area (Å²) in [5.74, 6) is 5.92. The van der Waals surface area contributed by atoms with Crippen molar-refractivity contribution < 1.29 is 0 Å². The number of hydrazone groups is 1. The largest absolute Gasteiger partial charge is 0.361 e. The van der Waals surface area contributed by atoms with E-state index in [0.717, 1.165) is 16.5 Å². The van der Waals surface area contributed by atoms with Crippen molar-refractivity contribution in [1.82, 2.24) is 19.9 Å². The zero-order chi connectivity index (χ0) is 12.4. The molecule has 1 aromatic carbocycles. The van der Waals surface area contributed by atoms with E-state index in [1.165, 1.54) is 11.0 Å². The van der Waals surface area contributed by atoms with Gasteiger partial charge in [-0.05, 0) is 6.07 Å². The first kappa shape index (κ1) is 10.3. The molecule has 0 aliphatic heterocycles. The maximum atomic E-state index is 5.54. The predicted octanol–water partition coefficient (Wildman–Crippen LogP) is 0.919. The Balaban J connectivity index is 1.82. The molecule has 0 atom stereocenters. The summed E-state index contributed by atoms with van der Waals surface area (Å²) < 4.78 is 1.26. The van der Waals surface area contributed by atoms with Crippen LogP contribution in [-0.4, -0.2) is 26.1 Å². The van der Waals surface area contributed by atoms with E-state index in [9.17, 15) is 0 Å². The molecule has 3 aromatic rings. The summed E-state index contributed by atoms with van der Waals surface area (Å²) in [7, 11) is 0. The number of nitrogens with two attached hydrogens (primary N) is 1. The minimum absolute atomic E-state index is 0.381. The maximum Gasteiger partial charge on any atom is 0.263 e. The Morgan fingerprint density at radius 2 is 2.28 bits per heavy atom. The second-order valence-corrected chi connectivity index (χ2v) is 3.72. The van der Waals surface area contributed by atoms with Gasteiger partial charge >= 0.3 is 0 Å². The van der Waals surface area contributed by atoms with Gasteiger partial charge in [0.25, 0.3) is 5.95 Å². The van der Waals surface area contributed by atoms with Gasteiger partial charge in [-0.25, -0.2) is 10.1 Å². The fraction of sp³-hybridized carbons (Fsp3) is 0. The number of nitrogen functional groups attached to an aromatic ring is 1. The molecule has 7 heteroatoms. The lowest BCUT2D eigenvalue weighted by atomic mass is 10.2. The quantitative estimate of drug-likeness (QED) is 0.361. The number of nitrogens with zero attached hydrogens (tertiary/aromatic N) is 4. The average Bonchev–Trinajstić information content (AvgIpc) is 2.97. The van der Waals surface area contributed by atoms with E-state index in [0.29, 0.717) is 5.95 Å². The Morgan fingerprint density at radius 3 is 3.11 bits per heavy atom. The number of fused-ring (bicyclic) bond motifs is 1. The van der Waals surface area contributed by atoms with Gasteiger partial charge < -0.3 is 10.8 Å². The first-order chi connectivity index (χ1) is 8.84. The van der Waals surface area contributed by atoms with Crippen LogP contribution >= 0.6 is 0 Å². The maximum absolute atomic E-state index is 5.54. The second-order valence-electron chi connectivity index (χ2n) is 3.72. The number of hydrogen-bond donors (Lipinski definition) is 3. The van der Waals surface area contributed by atoms with Crippen LogP contribution in [0.15, 0.2) is 41.9 Å². The zero-order valence-electron chi connectivity index (χ0n) is 9.41. The van der Waals surface area contributed by atoms with Crippen LogP contribution in [0.3, 0.4) is 0 Å². The van der Waals surface area contributed by atoms with Gasteiger partial charge in [0.2, 0.25) is 0 Å². The highest BCUT2D eigenvalue weighted by atomic mass is 15.5. The van der Waals surface area contributed by atoms with E-state index >= 15 is 0 Å². The molecule has 0 aliphatic rings. The smallest absolute Gasteiger partial charge is 0.263 e. The molecule has 2 aromatic heterocycles. The van der Waals surface area contributed by atoms with Crippen molar-refractivity contribution in [3.8, 4) is 0 Å². The highest BCUT2D eigenvalue weighted by Crippen LogP contribution is 2.15. The molecule has 7 nitrogen and oxygen atoms in total. The van der Waals surface area contributed by atoms with Crippen LogP contribution in [0.5, 0.6) is 0 Å². The van der Waals surface area contributed by atoms with Gasteiger partial charge in [0.05, 0.1) is 6.21 Å². The van der Waals surface area contributed by atoms with Crippen molar-refractivity contribution in [2.45, 2.75) is 0 Å². The average molecular weight is 241 g/mol.